The molecular formula is C16H16N2O4S. The predicted octanol–water partition coefficient (Wildman–Crippen LogP) is 3.61. The van der Waals surface area contributed by atoms with E-state index in [9.17, 15) is 8.42 Å². The van der Waals surface area contributed by atoms with Gasteiger partial charge >= 0.3 is 0 Å². The van der Waals surface area contributed by atoms with Gasteiger partial charge in [0.2, 0.25) is 10.9 Å². The van der Waals surface area contributed by atoms with E-state index in [1.165, 1.54) is 12.1 Å². The molecule has 2 heterocycles. The van der Waals surface area contributed by atoms with Crippen molar-refractivity contribution in [1.29, 1.82) is 0 Å². The molecule has 1 aromatic carbocycles. The molecule has 7 heteroatoms. The van der Waals surface area contributed by atoms with Crippen LogP contribution in [0.5, 0.6) is 0 Å². The number of aryl methyl sites for hydroxylation is 2. The highest BCUT2D eigenvalue weighted by molar-refractivity contribution is 7.92. The number of benzene rings is 1. The van der Waals surface area contributed by atoms with Crippen LogP contribution in [0.3, 0.4) is 0 Å². The molecule has 0 saturated heterocycles. The van der Waals surface area contributed by atoms with Crippen molar-refractivity contribution in [3.8, 4) is 11.5 Å². The van der Waals surface area contributed by atoms with Crippen LogP contribution in [-0.2, 0) is 16.4 Å². The van der Waals surface area contributed by atoms with Gasteiger partial charge < -0.3 is 8.94 Å². The Morgan fingerprint density at radius 3 is 2.43 bits per heavy atom. The summed E-state index contributed by atoms with van der Waals surface area (Å²) in [6, 6.07) is 11.8. The van der Waals surface area contributed by atoms with Gasteiger partial charge in [-0.3, -0.25) is 4.72 Å². The van der Waals surface area contributed by atoms with Crippen LogP contribution in [0.15, 0.2) is 56.5 Å². The largest absolute Gasteiger partial charge is 0.439 e. The molecule has 0 spiro atoms. The number of hydrogen-bond acceptors (Lipinski definition) is 5. The van der Waals surface area contributed by atoms with Crippen molar-refractivity contribution in [2.75, 3.05) is 4.72 Å². The summed E-state index contributed by atoms with van der Waals surface area (Å²) in [6.07, 6.45) is 0.894. The lowest BCUT2D eigenvalue weighted by molar-refractivity contribution is 0.398. The molecule has 0 aliphatic heterocycles. The van der Waals surface area contributed by atoms with Crippen LogP contribution in [0.1, 0.15) is 18.2 Å². The summed E-state index contributed by atoms with van der Waals surface area (Å²) in [6.45, 7) is 3.81. The summed E-state index contributed by atoms with van der Waals surface area (Å²) >= 11 is 0. The summed E-state index contributed by atoms with van der Waals surface area (Å²) in [5, 5.41) is 3.57. The molecule has 1 N–H and O–H groups in total. The Labute approximate surface area is 134 Å². The highest BCUT2D eigenvalue weighted by Crippen LogP contribution is 2.26. The van der Waals surface area contributed by atoms with Gasteiger partial charge in [0.15, 0.2) is 5.76 Å². The third-order valence-corrected chi connectivity index (χ3v) is 4.58. The molecule has 0 amide bonds. The van der Waals surface area contributed by atoms with Crippen LogP contribution in [-0.4, -0.2) is 13.6 Å². The molecule has 6 nitrogen and oxygen atoms in total. The van der Waals surface area contributed by atoms with E-state index in [1.54, 1.807) is 25.1 Å². The number of anilines is 1. The van der Waals surface area contributed by atoms with Gasteiger partial charge in [0.25, 0.3) is 10.0 Å². The van der Waals surface area contributed by atoms with Gasteiger partial charge in [-0.25, -0.2) is 0 Å². The molecule has 3 aromatic rings. The first-order chi connectivity index (χ1) is 11.0. The quantitative estimate of drug-likeness (QED) is 0.771. The first-order valence-corrected chi connectivity index (χ1v) is 8.61. The third kappa shape index (κ3) is 3.29. The van der Waals surface area contributed by atoms with Crippen LogP contribution >= 0.6 is 0 Å². The predicted molar refractivity (Wildman–Crippen MR) is 85.6 cm³/mol. The summed E-state index contributed by atoms with van der Waals surface area (Å²) in [5.41, 5.74) is 2.31. The standard InChI is InChI=1S/C16H16N2O4S/c1-3-12-4-6-13(7-5-12)18-23(19,20)16-9-8-14(21-16)15-10-11(2)17-22-15/h4-10,18H,3H2,1-2H3. The van der Waals surface area contributed by atoms with Crippen molar-refractivity contribution in [1.82, 2.24) is 5.16 Å². The highest BCUT2D eigenvalue weighted by atomic mass is 32.2. The van der Waals surface area contributed by atoms with Crippen molar-refractivity contribution in [2.24, 2.45) is 0 Å². The zero-order valence-electron chi connectivity index (χ0n) is 12.7. The van der Waals surface area contributed by atoms with Crippen LogP contribution in [0.4, 0.5) is 5.69 Å². The van der Waals surface area contributed by atoms with Crippen molar-refractivity contribution in [3.05, 3.63) is 53.7 Å². The molecule has 23 heavy (non-hydrogen) atoms. The normalized spacial score (nSPS) is 11.6. The van der Waals surface area contributed by atoms with E-state index in [4.69, 9.17) is 8.94 Å². The zero-order valence-corrected chi connectivity index (χ0v) is 13.6. The van der Waals surface area contributed by atoms with Gasteiger partial charge in [-0.1, -0.05) is 24.2 Å². The molecule has 2 aromatic heterocycles. The molecule has 0 aliphatic rings. The average molecular weight is 332 g/mol. The Balaban J connectivity index is 1.83. The van der Waals surface area contributed by atoms with Gasteiger partial charge in [0.1, 0.15) is 0 Å². The van der Waals surface area contributed by atoms with Gasteiger partial charge in [-0.05, 0) is 43.2 Å². The summed E-state index contributed by atoms with van der Waals surface area (Å²) in [4.78, 5) is 0. The van der Waals surface area contributed by atoms with Crippen molar-refractivity contribution >= 4 is 15.7 Å². The SMILES string of the molecule is CCc1ccc(NS(=O)(=O)c2ccc(-c3cc(C)no3)o2)cc1. The monoisotopic (exact) mass is 332 g/mol. The molecule has 0 unspecified atom stereocenters. The Bertz CT molecular complexity index is 908. The van der Waals surface area contributed by atoms with E-state index >= 15 is 0 Å². The average Bonchev–Trinajstić information content (AvgIpc) is 3.16. The fourth-order valence-electron chi connectivity index (χ4n) is 2.09. The van der Waals surface area contributed by atoms with E-state index in [0.29, 0.717) is 22.9 Å². The number of nitrogens with one attached hydrogen (secondary N) is 1. The molecule has 0 bridgehead atoms. The van der Waals surface area contributed by atoms with E-state index in [-0.39, 0.29) is 5.09 Å². The fraction of sp³-hybridized carbons (Fsp3) is 0.188. The van der Waals surface area contributed by atoms with E-state index in [2.05, 4.69) is 9.88 Å². The van der Waals surface area contributed by atoms with Crippen LogP contribution in [0.2, 0.25) is 0 Å². The second kappa shape index (κ2) is 5.92. The van der Waals surface area contributed by atoms with E-state index in [1.807, 2.05) is 19.1 Å². The van der Waals surface area contributed by atoms with Crippen LogP contribution < -0.4 is 4.72 Å². The first-order valence-electron chi connectivity index (χ1n) is 7.13. The Morgan fingerprint density at radius 2 is 1.83 bits per heavy atom. The molecule has 3 rings (SSSR count). The summed E-state index contributed by atoms with van der Waals surface area (Å²) < 4.78 is 37.6. The number of rotatable bonds is 5. The molecule has 120 valence electrons. The van der Waals surface area contributed by atoms with Crippen LogP contribution in [0, 0.1) is 6.92 Å². The maximum Gasteiger partial charge on any atom is 0.295 e. The van der Waals surface area contributed by atoms with E-state index < -0.39 is 10.0 Å². The number of sulfonamides is 1. The molecule has 0 saturated carbocycles. The third-order valence-electron chi connectivity index (χ3n) is 3.33. The first kappa shape index (κ1) is 15.4. The molecule has 0 fully saturated rings. The molecule has 0 atom stereocenters. The van der Waals surface area contributed by atoms with E-state index in [0.717, 1.165) is 12.0 Å². The zero-order chi connectivity index (χ0) is 16.4. The number of aromatic nitrogens is 1. The minimum Gasteiger partial charge on any atom is -0.439 e. The lowest BCUT2D eigenvalue weighted by Crippen LogP contribution is -2.12. The Kier molecular flexibility index (Phi) is 3.96. The van der Waals surface area contributed by atoms with Gasteiger partial charge in [0, 0.05) is 11.8 Å². The maximum atomic E-state index is 12.4. The lowest BCUT2D eigenvalue weighted by Gasteiger charge is -2.06. The molecular weight excluding hydrogens is 316 g/mol. The fourth-order valence-corrected chi connectivity index (χ4v) is 3.08. The topological polar surface area (TPSA) is 85.3 Å². The van der Waals surface area contributed by atoms with Crippen molar-refractivity contribution in [3.63, 3.8) is 0 Å². The molecule has 0 aliphatic carbocycles. The highest BCUT2D eigenvalue weighted by Gasteiger charge is 2.20. The number of furan rings is 1. The minimum absolute atomic E-state index is 0.180. The smallest absolute Gasteiger partial charge is 0.295 e. The lowest BCUT2D eigenvalue weighted by atomic mass is 10.2. The van der Waals surface area contributed by atoms with Gasteiger partial charge in [-0.2, -0.15) is 8.42 Å². The second-order valence-corrected chi connectivity index (χ2v) is 6.72. The minimum atomic E-state index is -3.79. The number of hydrogen-bond donors (Lipinski definition) is 1. The maximum absolute atomic E-state index is 12.4. The molecule has 0 radical (unpaired) electrons. The van der Waals surface area contributed by atoms with Crippen LogP contribution in [0.25, 0.3) is 11.5 Å². The number of nitrogens with zero attached hydrogens (tertiary/aromatic N) is 1. The van der Waals surface area contributed by atoms with Crippen molar-refractivity contribution in [2.45, 2.75) is 25.4 Å². The van der Waals surface area contributed by atoms with Gasteiger partial charge in [0.05, 0.1) is 5.69 Å². The summed E-state index contributed by atoms with van der Waals surface area (Å²) in [5.74, 6) is 0.698. The summed E-state index contributed by atoms with van der Waals surface area (Å²) in [7, 11) is -3.79. The van der Waals surface area contributed by atoms with Gasteiger partial charge in [-0.15, -0.1) is 0 Å². The second-order valence-electron chi connectivity index (χ2n) is 5.11. The Hall–Kier alpha value is -2.54. The van der Waals surface area contributed by atoms with Crippen molar-refractivity contribution < 1.29 is 17.4 Å². The Morgan fingerprint density at radius 1 is 1.09 bits per heavy atom.